The quantitative estimate of drug-likeness (QED) is 0.615. The van der Waals surface area contributed by atoms with Crippen molar-refractivity contribution in [2.45, 2.75) is 6.18 Å². The number of hydrogen-bond acceptors (Lipinski definition) is 3. The zero-order valence-corrected chi connectivity index (χ0v) is 13.2. The van der Waals surface area contributed by atoms with Crippen LogP contribution in [0.5, 0.6) is 5.75 Å². The van der Waals surface area contributed by atoms with Crippen LogP contribution in [0.1, 0.15) is 11.1 Å². The molecule has 0 heterocycles. The first-order valence-electron chi connectivity index (χ1n) is 6.79. The Bertz CT molecular complexity index is 886. The number of nitrogens with zero attached hydrogens (tertiary/aromatic N) is 1. The number of benzene rings is 2. The van der Waals surface area contributed by atoms with E-state index in [-0.39, 0.29) is 22.0 Å². The summed E-state index contributed by atoms with van der Waals surface area (Å²) in [6.07, 6.45) is -3.34. The summed E-state index contributed by atoms with van der Waals surface area (Å²) in [5.41, 5.74) is -0.972. The first-order valence-corrected chi connectivity index (χ1v) is 7.17. The molecule has 25 heavy (non-hydrogen) atoms. The normalized spacial score (nSPS) is 11.7. The standard InChI is InChI=1S/C17H10ClF3N2O2/c18-14-7-10(4-5-15(14)24)6-11(9-22)16(25)23-13-3-1-2-12(8-13)17(19,20)21/h1-8,24H,(H,23,25). The highest BCUT2D eigenvalue weighted by molar-refractivity contribution is 6.32. The summed E-state index contributed by atoms with van der Waals surface area (Å²) in [6.45, 7) is 0. The van der Waals surface area contributed by atoms with Gasteiger partial charge in [0, 0.05) is 5.69 Å². The number of phenolic OH excluding ortho intramolecular Hbond substituents is 1. The zero-order valence-electron chi connectivity index (χ0n) is 12.4. The second-order valence-electron chi connectivity index (χ2n) is 4.91. The number of phenols is 1. The number of aromatic hydroxyl groups is 1. The lowest BCUT2D eigenvalue weighted by Gasteiger charge is -2.09. The largest absolute Gasteiger partial charge is 0.506 e. The van der Waals surface area contributed by atoms with Crippen LogP contribution in [-0.2, 0) is 11.0 Å². The number of anilines is 1. The van der Waals surface area contributed by atoms with Crippen LogP contribution >= 0.6 is 11.6 Å². The van der Waals surface area contributed by atoms with E-state index in [4.69, 9.17) is 16.9 Å². The van der Waals surface area contributed by atoms with Gasteiger partial charge >= 0.3 is 6.18 Å². The molecular weight excluding hydrogens is 357 g/mol. The molecule has 0 saturated carbocycles. The number of carbonyl (C=O) groups is 1. The Morgan fingerprint density at radius 1 is 1.24 bits per heavy atom. The molecule has 0 radical (unpaired) electrons. The number of amides is 1. The zero-order chi connectivity index (χ0) is 18.6. The highest BCUT2D eigenvalue weighted by Crippen LogP contribution is 2.31. The summed E-state index contributed by atoms with van der Waals surface area (Å²) in [6, 6.07) is 9.78. The van der Waals surface area contributed by atoms with Crippen molar-refractivity contribution in [3.63, 3.8) is 0 Å². The summed E-state index contributed by atoms with van der Waals surface area (Å²) in [4.78, 5) is 12.1. The molecule has 8 heteroatoms. The van der Waals surface area contributed by atoms with Crippen LogP contribution in [0.3, 0.4) is 0 Å². The Kier molecular flexibility index (Phi) is 5.35. The molecule has 0 aromatic heterocycles. The van der Waals surface area contributed by atoms with Crippen LogP contribution in [0.4, 0.5) is 18.9 Å². The topological polar surface area (TPSA) is 73.1 Å². The lowest BCUT2D eigenvalue weighted by atomic mass is 10.1. The van der Waals surface area contributed by atoms with Crippen molar-refractivity contribution in [3.8, 4) is 11.8 Å². The van der Waals surface area contributed by atoms with E-state index in [0.717, 1.165) is 18.2 Å². The molecule has 0 aliphatic carbocycles. The number of alkyl halides is 3. The fraction of sp³-hybridized carbons (Fsp3) is 0.0588. The van der Waals surface area contributed by atoms with Gasteiger partial charge in [-0.3, -0.25) is 4.79 Å². The van der Waals surface area contributed by atoms with Crippen LogP contribution in [0.2, 0.25) is 5.02 Å². The molecule has 0 bridgehead atoms. The van der Waals surface area contributed by atoms with Crippen molar-refractivity contribution in [2.24, 2.45) is 0 Å². The Balaban J connectivity index is 2.25. The number of hydrogen-bond donors (Lipinski definition) is 2. The molecule has 2 aromatic carbocycles. The molecule has 2 N–H and O–H groups in total. The molecule has 0 saturated heterocycles. The van der Waals surface area contributed by atoms with Gasteiger partial charge in [0.2, 0.25) is 0 Å². The van der Waals surface area contributed by atoms with E-state index in [1.807, 2.05) is 0 Å². The number of rotatable bonds is 3. The predicted octanol–water partition coefficient (Wildman–Crippen LogP) is 4.61. The average Bonchev–Trinajstić information content (AvgIpc) is 2.55. The number of carbonyl (C=O) groups excluding carboxylic acids is 1. The van der Waals surface area contributed by atoms with Crippen molar-refractivity contribution in [1.29, 1.82) is 5.26 Å². The van der Waals surface area contributed by atoms with Gasteiger partial charge in [0.1, 0.15) is 17.4 Å². The van der Waals surface area contributed by atoms with E-state index in [0.29, 0.717) is 5.56 Å². The van der Waals surface area contributed by atoms with Crippen molar-refractivity contribution in [3.05, 3.63) is 64.2 Å². The molecule has 0 atom stereocenters. The molecule has 4 nitrogen and oxygen atoms in total. The Morgan fingerprint density at radius 3 is 2.56 bits per heavy atom. The van der Waals surface area contributed by atoms with Gasteiger partial charge in [-0.15, -0.1) is 0 Å². The SMILES string of the molecule is N#CC(=Cc1ccc(O)c(Cl)c1)C(=O)Nc1cccc(C(F)(F)F)c1. The number of nitrogens with one attached hydrogen (secondary N) is 1. The Labute approximate surface area is 145 Å². The van der Waals surface area contributed by atoms with E-state index in [2.05, 4.69) is 5.32 Å². The van der Waals surface area contributed by atoms with Crippen LogP contribution in [0.15, 0.2) is 48.0 Å². The van der Waals surface area contributed by atoms with Gasteiger partial charge in [0.05, 0.1) is 10.6 Å². The third-order valence-electron chi connectivity index (χ3n) is 3.10. The van der Waals surface area contributed by atoms with E-state index in [9.17, 15) is 23.1 Å². The van der Waals surface area contributed by atoms with Crippen molar-refractivity contribution >= 4 is 29.3 Å². The summed E-state index contributed by atoms with van der Waals surface area (Å²) in [7, 11) is 0. The molecule has 128 valence electrons. The minimum atomic E-state index is -4.54. The van der Waals surface area contributed by atoms with Crippen molar-refractivity contribution < 1.29 is 23.1 Å². The molecular formula is C17H10ClF3N2O2. The maximum absolute atomic E-state index is 12.7. The molecule has 0 fully saturated rings. The fourth-order valence-corrected chi connectivity index (χ4v) is 2.09. The van der Waals surface area contributed by atoms with Crippen LogP contribution < -0.4 is 5.32 Å². The van der Waals surface area contributed by atoms with Gasteiger partial charge < -0.3 is 10.4 Å². The summed E-state index contributed by atoms with van der Waals surface area (Å²) in [5.74, 6) is -1.03. The molecule has 0 aliphatic heterocycles. The van der Waals surface area contributed by atoms with E-state index < -0.39 is 17.6 Å². The molecule has 0 spiro atoms. The molecule has 0 unspecified atom stereocenters. The summed E-state index contributed by atoms with van der Waals surface area (Å²) >= 11 is 5.74. The lowest BCUT2D eigenvalue weighted by molar-refractivity contribution is -0.137. The number of nitriles is 1. The van der Waals surface area contributed by atoms with Crippen LogP contribution in [-0.4, -0.2) is 11.0 Å². The van der Waals surface area contributed by atoms with Gasteiger partial charge in [0.25, 0.3) is 5.91 Å². The van der Waals surface area contributed by atoms with Gasteiger partial charge in [-0.2, -0.15) is 18.4 Å². The van der Waals surface area contributed by atoms with Crippen molar-refractivity contribution in [2.75, 3.05) is 5.32 Å². The first kappa shape index (κ1) is 18.4. The minimum Gasteiger partial charge on any atom is -0.506 e. The summed E-state index contributed by atoms with van der Waals surface area (Å²) in [5, 5.41) is 20.7. The van der Waals surface area contributed by atoms with Crippen LogP contribution in [0, 0.1) is 11.3 Å². The van der Waals surface area contributed by atoms with E-state index in [1.165, 1.54) is 30.3 Å². The molecule has 2 aromatic rings. The lowest BCUT2D eigenvalue weighted by Crippen LogP contribution is -2.14. The second-order valence-corrected chi connectivity index (χ2v) is 5.32. The van der Waals surface area contributed by atoms with Gasteiger partial charge in [-0.25, -0.2) is 0 Å². The number of halogens is 4. The van der Waals surface area contributed by atoms with Gasteiger partial charge in [-0.05, 0) is 42.0 Å². The van der Waals surface area contributed by atoms with Gasteiger partial charge in [0.15, 0.2) is 0 Å². The first-order chi connectivity index (χ1) is 11.7. The predicted molar refractivity (Wildman–Crippen MR) is 86.8 cm³/mol. The smallest absolute Gasteiger partial charge is 0.416 e. The second kappa shape index (κ2) is 7.28. The highest BCUT2D eigenvalue weighted by Gasteiger charge is 2.30. The molecule has 1 amide bonds. The monoisotopic (exact) mass is 366 g/mol. The maximum atomic E-state index is 12.7. The molecule has 2 rings (SSSR count). The van der Waals surface area contributed by atoms with E-state index in [1.54, 1.807) is 6.07 Å². The highest BCUT2D eigenvalue weighted by atomic mass is 35.5. The Morgan fingerprint density at radius 2 is 1.96 bits per heavy atom. The maximum Gasteiger partial charge on any atom is 0.416 e. The van der Waals surface area contributed by atoms with Crippen LogP contribution in [0.25, 0.3) is 6.08 Å². The van der Waals surface area contributed by atoms with Crippen molar-refractivity contribution in [1.82, 2.24) is 0 Å². The fourth-order valence-electron chi connectivity index (χ4n) is 1.90. The third kappa shape index (κ3) is 4.75. The Hall–Kier alpha value is -2.98. The van der Waals surface area contributed by atoms with E-state index >= 15 is 0 Å². The van der Waals surface area contributed by atoms with Gasteiger partial charge in [-0.1, -0.05) is 23.7 Å². The summed E-state index contributed by atoms with van der Waals surface area (Å²) < 4.78 is 38.0. The molecule has 0 aliphatic rings. The third-order valence-corrected chi connectivity index (χ3v) is 3.40. The minimum absolute atomic E-state index is 0.0318. The average molecular weight is 367 g/mol.